The second-order valence-electron chi connectivity index (χ2n) is 5.22. The minimum Gasteiger partial charge on any atom is -0.394 e. The van der Waals surface area contributed by atoms with Crippen molar-refractivity contribution in [3.05, 3.63) is 0 Å². The lowest BCUT2D eigenvalue weighted by atomic mass is 9.94. The van der Waals surface area contributed by atoms with Crippen LogP contribution in [0.4, 0.5) is 0 Å². The van der Waals surface area contributed by atoms with Crippen molar-refractivity contribution in [3.8, 4) is 0 Å². The Morgan fingerprint density at radius 2 is 1.87 bits per heavy atom. The highest BCUT2D eigenvalue weighted by atomic mass is 16.7. The quantitative estimate of drug-likeness (QED) is 0.155. The van der Waals surface area contributed by atoms with E-state index in [0.29, 0.717) is 0 Å². The predicted molar refractivity (Wildman–Crippen MR) is 69.8 cm³/mol. The summed E-state index contributed by atoms with van der Waals surface area (Å²) >= 11 is 0. The highest BCUT2D eigenvalue weighted by molar-refractivity contribution is 5.56. The molecule has 8 atom stereocenters. The Morgan fingerprint density at radius 3 is 2.35 bits per heavy atom. The first-order chi connectivity index (χ1) is 10.7. The zero-order chi connectivity index (χ0) is 17.8. The molecule has 1 heterocycles. The molecule has 0 aromatic rings. The first-order valence-electron chi connectivity index (χ1n) is 6.82. The van der Waals surface area contributed by atoms with Crippen molar-refractivity contribution in [2.45, 2.75) is 48.5 Å². The molecular weight excluding hydrogens is 320 g/mol. The number of aldehydes is 1. The molecule has 0 aromatic heterocycles. The second-order valence-corrected chi connectivity index (χ2v) is 5.22. The normalized spacial score (nSPS) is 37.0. The van der Waals surface area contributed by atoms with E-state index in [0.717, 1.165) is 0 Å². The van der Waals surface area contributed by atoms with Crippen LogP contribution >= 0.6 is 0 Å². The van der Waals surface area contributed by atoms with E-state index in [2.05, 4.69) is 0 Å². The topological polar surface area (TPSA) is 197 Å². The molecule has 11 heteroatoms. The third-order valence-electron chi connectivity index (χ3n) is 3.60. The van der Waals surface area contributed by atoms with E-state index in [1.807, 2.05) is 0 Å². The van der Waals surface area contributed by atoms with Gasteiger partial charge in [0.15, 0.2) is 6.29 Å². The van der Waals surface area contributed by atoms with E-state index in [-0.39, 0.29) is 6.29 Å². The Balaban J connectivity index is 3.09. The van der Waals surface area contributed by atoms with E-state index in [4.69, 9.17) is 14.6 Å². The molecule has 1 aliphatic rings. The third-order valence-corrected chi connectivity index (χ3v) is 3.60. The summed E-state index contributed by atoms with van der Waals surface area (Å²) < 4.78 is 9.90. The van der Waals surface area contributed by atoms with Crippen LogP contribution < -0.4 is 0 Å². The fourth-order valence-electron chi connectivity index (χ4n) is 2.19. The first kappa shape index (κ1) is 20.3. The fraction of sp³-hybridized carbons (Fsp3) is 0.917. The number of rotatable bonds is 8. The molecule has 0 aliphatic carbocycles. The van der Waals surface area contributed by atoms with Crippen LogP contribution in [-0.4, -0.2) is 115 Å². The lowest BCUT2D eigenvalue weighted by Gasteiger charge is -2.46. The van der Waals surface area contributed by atoms with Crippen LogP contribution in [0.1, 0.15) is 0 Å². The number of aliphatic hydroxyl groups excluding tert-OH is 7. The van der Waals surface area contributed by atoms with Gasteiger partial charge in [-0.1, -0.05) is 0 Å². The van der Waals surface area contributed by atoms with Crippen molar-refractivity contribution >= 4 is 6.29 Å². The molecule has 8 N–H and O–H groups in total. The molecule has 1 rings (SSSR count). The molecule has 0 bridgehead atoms. The maximum absolute atomic E-state index is 10.5. The Hall–Kier alpha value is -0.730. The molecule has 0 radical (unpaired) electrons. The molecule has 0 amide bonds. The predicted octanol–water partition coefficient (Wildman–Crippen LogP) is -5.55. The Labute approximate surface area is 130 Å². The van der Waals surface area contributed by atoms with Crippen molar-refractivity contribution < 1.29 is 55.1 Å². The summed E-state index contributed by atoms with van der Waals surface area (Å²) in [5.74, 6) is -2.78. The van der Waals surface area contributed by atoms with Crippen molar-refractivity contribution in [1.82, 2.24) is 0 Å². The van der Waals surface area contributed by atoms with Gasteiger partial charge in [0.2, 0.25) is 5.79 Å². The van der Waals surface area contributed by atoms with Gasteiger partial charge < -0.3 is 55.1 Å². The van der Waals surface area contributed by atoms with Crippen molar-refractivity contribution in [1.29, 1.82) is 0 Å². The van der Waals surface area contributed by atoms with Gasteiger partial charge in [-0.15, -0.1) is 0 Å². The van der Waals surface area contributed by atoms with Crippen LogP contribution in [0.2, 0.25) is 0 Å². The molecular formula is C12H22O11. The van der Waals surface area contributed by atoms with Crippen LogP contribution in [0.15, 0.2) is 0 Å². The number of carbonyl (C=O) groups is 1. The Kier molecular flexibility index (Phi) is 7.41. The largest absolute Gasteiger partial charge is 0.394 e. The van der Waals surface area contributed by atoms with E-state index in [9.17, 15) is 40.5 Å². The zero-order valence-corrected chi connectivity index (χ0v) is 12.0. The number of hydrogen-bond acceptors (Lipinski definition) is 11. The standard InChI is InChI=1S/C12H22O11/c13-1-5(16)9(19)10(6(17)2-14)23-12(21)8(3-15)22-4-7(18)11(12)20/h1,5-11,14-21H,2-4H2/t5-,6+,7-,8+,9+,10+,11+,12?/m0/s1. The van der Waals surface area contributed by atoms with Crippen LogP contribution in [0.5, 0.6) is 0 Å². The van der Waals surface area contributed by atoms with E-state index >= 15 is 0 Å². The van der Waals surface area contributed by atoms with Gasteiger partial charge in [-0.3, -0.25) is 0 Å². The summed E-state index contributed by atoms with van der Waals surface area (Å²) in [6, 6.07) is 0. The molecule has 1 fully saturated rings. The van der Waals surface area contributed by atoms with E-state index in [1.165, 1.54) is 0 Å². The molecule has 0 aromatic carbocycles. The van der Waals surface area contributed by atoms with Crippen LogP contribution in [0.25, 0.3) is 0 Å². The van der Waals surface area contributed by atoms with Gasteiger partial charge >= 0.3 is 0 Å². The highest BCUT2D eigenvalue weighted by Gasteiger charge is 2.55. The number of aliphatic hydroxyl groups is 8. The van der Waals surface area contributed by atoms with Crippen LogP contribution in [0, 0.1) is 0 Å². The maximum atomic E-state index is 10.5. The molecule has 0 saturated carbocycles. The SMILES string of the molecule is O=C[C@H](O)[C@@H](O)[C@H](OC1(O)[C@H](O)[C@@H](O)CO[C@@H]1CO)[C@H](O)CO. The van der Waals surface area contributed by atoms with Crippen molar-refractivity contribution in [2.75, 3.05) is 19.8 Å². The third kappa shape index (κ3) is 4.22. The summed E-state index contributed by atoms with van der Waals surface area (Å²) in [5, 5.41) is 76.8. The van der Waals surface area contributed by atoms with Crippen LogP contribution in [-0.2, 0) is 14.3 Å². The van der Waals surface area contributed by atoms with Gasteiger partial charge in [-0.25, -0.2) is 0 Å². The van der Waals surface area contributed by atoms with Crippen molar-refractivity contribution in [3.63, 3.8) is 0 Å². The number of hydrogen-bond donors (Lipinski definition) is 8. The summed E-state index contributed by atoms with van der Waals surface area (Å²) in [6.07, 6.45) is -13.1. The first-order valence-corrected chi connectivity index (χ1v) is 6.82. The molecule has 0 spiro atoms. The van der Waals surface area contributed by atoms with Gasteiger partial charge in [0.1, 0.15) is 42.7 Å². The average Bonchev–Trinajstić information content (AvgIpc) is 2.55. The fourth-order valence-corrected chi connectivity index (χ4v) is 2.19. The lowest BCUT2D eigenvalue weighted by Crippen LogP contribution is -2.68. The van der Waals surface area contributed by atoms with Gasteiger partial charge in [0, 0.05) is 0 Å². The number of carbonyl (C=O) groups excluding carboxylic acids is 1. The minimum absolute atomic E-state index is 0.0681. The van der Waals surface area contributed by atoms with Crippen molar-refractivity contribution in [2.24, 2.45) is 0 Å². The van der Waals surface area contributed by atoms with Gasteiger partial charge in [-0.2, -0.15) is 0 Å². The highest BCUT2D eigenvalue weighted by Crippen LogP contribution is 2.30. The minimum atomic E-state index is -2.78. The molecule has 1 saturated heterocycles. The van der Waals surface area contributed by atoms with Gasteiger partial charge in [0.25, 0.3) is 0 Å². The summed E-state index contributed by atoms with van der Waals surface area (Å²) in [4.78, 5) is 10.5. The average molecular weight is 342 g/mol. The smallest absolute Gasteiger partial charge is 0.224 e. The summed E-state index contributed by atoms with van der Waals surface area (Å²) in [7, 11) is 0. The maximum Gasteiger partial charge on any atom is 0.224 e. The van der Waals surface area contributed by atoms with E-state index in [1.54, 1.807) is 0 Å². The Bertz CT molecular complexity index is 376. The molecule has 11 nitrogen and oxygen atoms in total. The lowest BCUT2D eigenvalue weighted by molar-refractivity contribution is -0.379. The Morgan fingerprint density at radius 1 is 1.26 bits per heavy atom. The van der Waals surface area contributed by atoms with Gasteiger partial charge in [-0.05, 0) is 0 Å². The molecule has 23 heavy (non-hydrogen) atoms. The molecule has 1 unspecified atom stereocenters. The van der Waals surface area contributed by atoms with Crippen LogP contribution in [0.3, 0.4) is 0 Å². The zero-order valence-electron chi connectivity index (χ0n) is 12.0. The van der Waals surface area contributed by atoms with Gasteiger partial charge in [0.05, 0.1) is 19.8 Å². The summed E-state index contributed by atoms with van der Waals surface area (Å²) in [5.41, 5.74) is 0. The van der Waals surface area contributed by atoms with E-state index < -0.39 is 68.3 Å². The monoisotopic (exact) mass is 342 g/mol. The number of ether oxygens (including phenoxy) is 2. The second kappa shape index (κ2) is 8.39. The molecule has 136 valence electrons. The summed E-state index contributed by atoms with van der Waals surface area (Å²) in [6.45, 7) is -2.26. The molecule has 1 aliphatic heterocycles.